The topological polar surface area (TPSA) is 97.2 Å². The summed E-state index contributed by atoms with van der Waals surface area (Å²) in [6.07, 6.45) is 4.11. The molecular formula is C22H26ClN7O2. The zero-order valence-corrected chi connectivity index (χ0v) is 19.3. The van der Waals surface area contributed by atoms with Gasteiger partial charge in [0.15, 0.2) is 5.82 Å². The molecule has 3 aromatic rings. The minimum absolute atomic E-state index is 0.0779. The summed E-state index contributed by atoms with van der Waals surface area (Å²) in [7, 11) is 5.39. The maximum atomic E-state index is 12.4. The second kappa shape index (κ2) is 9.13. The molecular weight excluding hydrogens is 430 g/mol. The molecule has 0 fully saturated rings. The molecule has 1 aliphatic rings. The van der Waals surface area contributed by atoms with Crippen molar-refractivity contribution < 1.29 is 4.74 Å². The number of halogens is 1. The molecule has 0 spiro atoms. The Labute approximate surface area is 191 Å². The lowest BCUT2D eigenvalue weighted by Crippen LogP contribution is -2.27. The zero-order valence-electron chi connectivity index (χ0n) is 18.5. The smallest absolute Gasteiger partial charge is 0.255 e. The monoisotopic (exact) mass is 455 g/mol. The summed E-state index contributed by atoms with van der Waals surface area (Å²) in [4.78, 5) is 28.1. The molecule has 0 radical (unpaired) electrons. The normalized spacial score (nSPS) is 14.5. The summed E-state index contributed by atoms with van der Waals surface area (Å²) in [6.45, 7) is 3.67. The summed E-state index contributed by atoms with van der Waals surface area (Å²) < 4.78 is 7.03. The summed E-state index contributed by atoms with van der Waals surface area (Å²) in [5.74, 6) is 1.25. The summed E-state index contributed by atoms with van der Waals surface area (Å²) in [5, 5.41) is 6.77. The minimum Gasteiger partial charge on any atom is -0.480 e. The number of aromatic nitrogens is 4. The Hall–Kier alpha value is -3.17. The van der Waals surface area contributed by atoms with E-state index in [9.17, 15) is 4.79 Å². The number of nitrogens with zero attached hydrogens (tertiary/aromatic N) is 5. The third-order valence-corrected chi connectivity index (χ3v) is 5.76. The highest BCUT2D eigenvalue weighted by Gasteiger charge is 2.19. The molecule has 10 heteroatoms. The Morgan fingerprint density at radius 3 is 2.88 bits per heavy atom. The van der Waals surface area contributed by atoms with Crippen LogP contribution >= 0.6 is 11.6 Å². The number of pyridine rings is 2. The lowest BCUT2D eigenvalue weighted by molar-refractivity contribution is 0.307. The highest BCUT2D eigenvalue weighted by Crippen LogP contribution is 2.31. The maximum absolute atomic E-state index is 12.4. The SMILES string of the molecule is COc1nc2c(cc1Nc1ncc(Cl)c(N[C@H](C)c3cccn(C)c3=O)n1)CN(C)CC2. The van der Waals surface area contributed by atoms with Gasteiger partial charge in [-0.05, 0) is 37.7 Å². The van der Waals surface area contributed by atoms with Crippen LogP contribution in [0.15, 0.2) is 35.4 Å². The molecule has 3 aromatic heterocycles. The average Bonchev–Trinajstić information content (AvgIpc) is 2.77. The van der Waals surface area contributed by atoms with Gasteiger partial charge in [-0.2, -0.15) is 4.98 Å². The Morgan fingerprint density at radius 2 is 2.09 bits per heavy atom. The molecule has 32 heavy (non-hydrogen) atoms. The second-order valence-electron chi connectivity index (χ2n) is 7.90. The Morgan fingerprint density at radius 1 is 1.28 bits per heavy atom. The van der Waals surface area contributed by atoms with Gasteiger partial charge in [-0.25, -0.2) is 9.97 Å². The molecule has 0 saturated carbocycles. The van der Waals surface area contributed by atoms with Crippen LogP contribution in [0.4, 0.5) is 17.5 Å². The van der Waals surface area contributed by atoms with E-state index in [0.717, 1.165) is 30.8 Å². The average molecular weight is 456 g/mol. The van der Waals surface area contributed by atoms with Gasteiger partial charge in [-0.15, -0.1) is 0 Å². The first-order chi connectivity index (χ1) is 15.4. The number of ether oxygens (including phenoxy) is 1. The lowest BCUT2D eigenvalue weighted by atomic mass is 10.1. The molecule has 0 bridgehead atoms. The fourth-order valence-electron chi connectivity index (χ4n) is 3.72. The molecule has 1 aliphatic heterocycles. The van der Waals surface area contributed by atoms with Gasteiger partial charge in [0.25, 0.3) is 5.56 Å². The van der Waals surface area contributed by atoms with Crippen molar-refractivity contribution in [2.75, 3.05) is 31.3 Å². The Bertz CT molecular complexity index is 1200. The van der Waals surface area contributed by atoms with Crippen molar-refractivity contribution in [1.82, 2.24) is 24.4 Å². The van der Waals surface area contributed by atoms with Crippen molar-refractivity contribution in [3.05, 3.63) is 62.8 Å². The van der Waals surface area contributed by atoms with E-state index in [1.165, 1.54) is 10.8 Å². The van der Waals surface area contributed by atoms with E-state index in [1.807, 2.05) is 19.1 Å². The van der Waals surface area contributed by atoms with Crippen LogP contribution in [0.2, 0.25) is 5.02 Å². The molecule has 2 N–H and O–H groups in total. The van der Waals surface area contributed by atoms with E-state index >= 15 is 0 Å². The molecule has 0 aliphatic carbocycles. The first-order valence-electron chi connectivity index (χ1n) is 10.3. The molecule has 0 aromatic carbocycles. The van der Waals surface area contributed by atoms with Gasteiger partial charge in [-0.3, -0.25) is 4.79 Å². The van der Waals surface area contributed by atoms with Gasteiger partial charge in [0.05, 0.1) is 25.0 Å². The van der Waals surface area contributed by atoms with E-state index in [2.05, 4.69) is 37.5 Å². The number of likely N-dealkylation sites (N-methyl/N-ethyl adjacent to an activating group) is 1. The zero-order chi connectivity index (χ0) is 22.8. The molecule has 168 valence electrons. The Kier molecular flexibility index (Phi) is 6.29. The highest BCUT2D eigenvalue weighted by atomic mass is 35.5. The summed E-state index contributed by atoms with van der Waals surface area (Å²) in [5.41, 5.74) is 3.40. The predicted octanol–water partition coefficient (Wildman–Crippen LogP) is 3.14. The number of anilines is 3. The predicted molar refractivity (Wildman–Crippen MR) is 125 cm³/mol. The standard InChI is InChI=1S/C22H26ClN7O2/c1-13(15-6-5-8-30(3)21(15)31)25-19-16(23)11-24-22(28-19)27-18-10-14-12-29(2)9-7-17(14)26-20(18)32-4/h5-6,8,10-11,13H,7,9,12H2,1-4H3,(H2,24,25,27,28)/t13-/m1/s1. The molecule has 0 saturated heterocycles. The summed E-state index contributed by atoms with van der Waals surface area (Å²) in [6, 6.07) is 5.34. The minimum atomic E-state index is -0.300. The quantitative estimate of drug-likeness (QED) is 0.585. The van der Waals surface area contributed by atoms with Crippen LogP contribution in [0.25, 0.3) is 0 Å². The lowest BCUT2D eigenvalue weighted by Gasteiger charge is -2.25. The number of aryl methyl sites for hydroxylation is 1. The fraction of sp³-hybridized carbons (Fsp3) is 0.364. The third-order valence-electron chi connectivity index (χ3n) is 5.48. The van der Waals surface area contributed by atoms with Crippen LogP contribution < -0.4 is 20.9 Å². The Balaban J connectivity index is 1.60. The molecule has 4 rings (SSSR count). The van der Waals surface area contributed by atoms with Gasteiger partial charge < -0.3 is 24.8 Å². The maximum Gasteiger partial charge on any atom is 0.255 e. The van der Waals surface area contributed by atoms with E-state index in [1.54, 1.807) is 26.4 Å². The number of fused-ring (bicyclic) bond motifs is 1. The van der Waals surface area contributed by atoms with Crippen molar-refractivity contribution in [2.45, 2.75) is 25.9 Å². The molecule has 9 nitrogen and oxygen atoms in total. The molecule has 0 unspecified atom stereocenters. The van der Waals surface area contributed by atoms with Gasteiger partial charge in [0, 0.05) is 38.3 Å². The number of hydrogen-bond donors (Lipinski definition) is 2. The van der Waals surface area contributed by atoms with Crippen molar-refractivity contribution in [3.63, 3.8) is 0 Å². The van der Waals surface area contributed by atoms with E-state index in [-0.39, 0.29) is 11.6 Å². The van der Waals surface area contributed by atoms with Crippen LogP contribution in [-0.2, 0) is 20.0 Å². The van der Waals surface area contributed by atoms with Crippen molar-refractivity contribution in [2.24, 2.45) is 7.05 Å². The van der Waals surface area contributed by atoms with Gasteiger partial charge in [0.2, 0.25) is 11.8 Å². The first-order valence-corrected chi connectivity index (χ1v) is 10.7. The van der Waals surface area contributed by atoms with Gasteiger partial charge in [-0.1, -0.05) is 11.6 Å². The van der Waals surface area contributed by atoms with Crippen LogP contribution in [0, 0.1) is 0 Å². The number of rotatable bonds is 6. The summed E-state index contributed by atoms with van der Waals surface area (Å²) >= 11 is 6.33. The van der Waals surface area contributed by atoms with Crippen LogP contribution in [-0.4, -0.2) is 45.1 Å². The van der Waals surface area contributed by atoms with Crippen molar-refractivity contribution >= 4 is 29.1 Å². The van der Waals surface area contributed by atoms with Crippen LogP contribution in [0.5, 0.6) is 5.88 Å². The highest BCUT2D eigenvalue weighted by molar-refractivity contribution is 6.32. The second-order valence-corrected chi connectivity index (χ2v) is 8.31. The number of nitrogens with one attached hydrogen (secondary N) is 2. The van der Waals surface area contributed by atoms with Gasteiger partial charge >= 0.3 is 0 Å². The molecule has 1 atom stereocenters. The van der Waals surface area contributed by atoms with E-state index in [0.29, 0.717) is 33.9 Å². The number of methoxy groups -OCH3 is 1. The third kappa shape index (κ3) is 4.53. The van der Waals surface area contributed by atoms with E-state index in [4.69, 9.17) is 16.3 Å². The molecule has 4 heterocycles. The first kappa shape index (κ1) is 22.0. The van der Waals surface area contributed by atoms with Crippen molar-refractivity contribution in [3.8, 4) is 5.88 Å². The molecule has 0 amide bonds. The van der Waals surface area contributed by atoms with Crippen molar-refractivity contribution in [1.29, 1.82) is 0 Å². The van der Waals surface area contributed by atoms with Gasteiger partial charge in [0.1, 0.15) is 10.7 Å². The van der Waals surface area contributed by atoms with Crippen LogP contribution in [0.1, 0.15) is 29.8 Å². The number of hydrogen-bond acceptors (Lipinski definition) is 8. The largest absolute Gasteiger partial charge is 0.480 e. The van der Waals surface area contributed by atoms with E-state index < -0.39 is 0 Å². The fourth-order valence-corrected chi connectivity index (χ4v) is 3.86. The van der Waals surface area contributed by atoms with Crippen LogP contribution in [0.3, 0.4) is 0 Å².